The van der Waals surface area contributed by atoms with Gasteiger partial charge in [0.05, 0.1) is 5.71 Å². The highest BCUT2D eigenvalue weighted by Gasteiger charge is 2.42. The highest BCUT2D eigenvalue weighted by molar-refractivity contribution is 6.08. The largest absolute Gasteiger partial charge is 0.436 e. The minimum absolute atomic E-state index is 0.0133. The van der Waals surface area contributed by atoms with Crippen molar-refractivity contribution in [3.05, 3.63) is 53.8 Å². The van der Waals surface area contributed by atoms with E-state index in [9.17, 15) is 9.18 Å². The van der Waals surface area contributed by atoms with E-state index in [1.807, 2.05) is 18.2 Å². The van der Waals surface area contributed by atoms with Crippen molar-refractivity contribution in [1.29, 1.82) is 0 Å². The Morgan fingerprint density at radius 3 is 2.56 bits per heavy atom. The second-order valence-corrected chi connectivity index (χ2v) is 6.47. The SMILES string of the molecule is O=C1NN=C(c2ccc3nc(-c4ccc(F)cc4)oc3c2)C2CCC12. The molecule has 0 radical (unpaired) electrons. The number of carbonyl (C=O) groups excluding carboxylic acids is 1. The Morgan fingerprint density at radius 1 is 1.04 bits per heavy atom. The van der Waals surface area contributed by atoms with Gasteiger partial charge in [-0.15, -0.1) is 0 Å². The number of nitrogens with one attached hydrogen (secondary N) is 1. The van der Waals surface area contributed by atoms with Gasteiger partial charge in [0, 0.05) is 23.0 Å². The molecule has 1 aliphatic carbocycles. The molecule has 5 nitrogen and oxygen atoms in total. The lowest BCUT2D eigenvalue weighted by atomic mass is 9.68. The van der Waals surface area contributed by atoms with Crippen LogP contribution < -0.4 is 5.43 Å². The normalized spacial score (nSPS) is 22.1. The van der Waals surface area contributed by atoms with Crippen LogP contribution in [0.4, 0.5) is 4.39 Å². The molecule has 1 aliphatic heterocycles. The zero-order valence-electron chi connectivity index (χ0n) is 13.2. The van der Waals surface area contributed by atoms with Crippen LogP contribution in [-0.4, -0.2) is 16.6 Å². The standard InChI is InChI=1S/C19H14FN3O2/c20-12-4-1-10(2-5-12)19-21-15-8-3-11(9-16(15)25-19)17-13-6-7-14(13)18(24)23-22-17/h1-5,8-9,13-14H,6-7H2,(H,23,24). The zero-order chi connectivity index (χ0) is 17.0. The number of halogens is 1. The summed E-state index contributed by atoms with van der Waals surface area (Å²) in [4.78, 5) is 16.2. The topological polar surface area (TPSA) is 67.5 Å². The summed E-state index contributed by atoms with van der Waals surface area (Å²) in [5.41, 5.74) is 6.55. The van der Waals surface area contributed by atoms with Crippen molar-refractivity contribution < 1.29 is 13.6 Å². The molecule has 2 aromatic carbocycles. The number of hydrazone groups is 1. The van der Waals surface area contributed by atoms with Gasteiger partial charge in [0.1, 0.15) is 11.3 Å². The third-order valence-electron chi connectivity index (χ3n) is 5.02. The second kappa shape index (κ2) is 5.24. The molecule has 1 N–H and O–H groups in total. The van der Waals surface area contributed by atoms with E-state index in [2.05, 4.69) is 15.5 Å². The van der Waals surface area contributed by atoms with Gasteiger partial charge in [-0.2, -0.15) is 5.10 Å². The molecule has 2 unspecified atom stereocenters. The van der Waals surface area contributed by atoms with E-state index in [1.165, 1.54) is 12.1 Å². The fraction of sp³-hybridized carbons (Fsp3) is 0.211. The van der Waals surface area contributed by atoms with Gasteiger partial charge in [-0.1, -0.05) is 6.07 Å². The first-order chi connectivity index (χ1) is 12.2. The van der Waals surface area contributed by atoms with E-state index in [0.29, 0.717) is 11.5 Å². The average Bonchev–Trinajstić information content (AvgIpc) is 3.00. The molecule has 124 valence electrons. The maximum Gasteiger partial charge on any atom is 0.243 e. The fourth-order valence-corrected chi connectivity index (χ4v) is 3.50. The maximum atomic E-state index is 13.1. The van der Waals surface area contributed by atoms with E-state index in [1.54, 1.807) is 12.1 Å². The van der Waals surface area contributed by atoms with Crippen molar-refractivity contribution in [2.45, 2.75) is 12.8 Å². The minimum Gasteiger partial charge on any atom is -0.436 e. The number of amides is 1. The Bertz CT molecular complexity index is 1020. The number of hydrogen-bond acceptors (Lipinski definition) is 4. The van der Waals surface area contributed by atoms with Gasteiger partial charge < -0.3 is 4.42 Å². The molecule has 1 amide bonds. The maximum absolute atomic E-state index is 13.1. The van der Waals surface area contributed by atoms with Crippen LogP contribution in [0.25, 0.3) is 22.6 Å². The number of hydrogen-bond donors (Lipinski definition) is 1. The van der Waals surface area contributed by atoms with Gasteiger partial charge in [-0.05, 0) is 49.2 Å². The molecule has 6 heteroatoms. The third kappa shape index (κ3) is 2.25. The number of aromatic nitrogens is 1. The van der Waals surface area contributed by atoms with Gasteiger partial charge >= 0.3 is 0 Å². The minimum atomic E-state index is -0.297. The summed E-state index contributed by atoms with van der Waals surface area (Å²) in [6.45, 7) is 0. The summed E-state index contributed by atoms with van der Waals surface area (Å²) in [5.74, 6) is 0.389. The number of carbonyl (C=O) groups is 1. The van der Waals surface area contributed by atoms with Crippen LogP contribution in [0.3, 0.4) is 0 Å². The van der Waals surface area contributed by atoms with E-state index >= 15 is 0 Å². The molecular weight excluding hydrogens is 321 g/mol. The number of benzene rings is 2. The molecule has 25 heavy (non-hydrogen) atoms. The summed E-state index contributed by atoms with van der Waals surface area (Å²) < 4.78 is 18.9. The average molecular weight is 335 g/mol. The number of fused-ring (bicyclic) bond motifs is 2. The van der Waals surface area contributed by atoms with E-state index < -0.39 is 0 Å². The fourth-order valence-electron chi connectivity index (χ4n) is 3.50. The molecule has 2 aliphatic rings. The summed E-state index contributed by atoms with van der Waals surface area (Å²) >= 11 is 0. The van der Waals surface area contributed by atoms with Gasteiger partial charge in [0.25, 0.3) is 0 Å². The Hall–Kier alpha value is -3.02. The molecule has 1 saturated carbocycles. The van der Waals surface area contributed by atoms with Crippen molar-refractivity contribution in [2.24, 2.45) is 16.9 Å². The van der Waals surface area contributed by atoms with Crippen LogP contribution in [0.15, 0.2) is 52.0 Å². The van der Waals surface area contributed by atoms with Crippen LogP contribution in [-0.2, 0) is 4.79 Å². The van der Waals surface area contributed by atoms with Gasteiger partial charge in [0.15, 0.2) is 5.58 Å². The van der Waals surface area contributed by atoms with Gasteiger partial charge in [-0.25, -0.2) is 14.8 Å². The molecule has 0 saturated heterocycles. The first-order valence-electron chi connectivity index (χ1n) is 8.23. The van der Waals surface area contributed by atoms with Crippen LogP contribution in [0.2, 0.25) is 0 Å². The second-order valence-electron chi connectivity index (χ2n) is 6.47. The Balaban J connectivity index is 1.54. The van der Waals surface area contributed by atoms with Crippen molar-refractivity contribution in [1.82, 2.24) is 10.4 Å². The van der Waals surface area contributed by atoms with Crippen molar-refractivity contribution in [3.8, 4) is 11.5 Å². The van der Waals surface area contributed by atoms with Crippen LogP contribution in [0, 0.1) is 17.7 Å². The summed E-state index contributed by atoms with van der Waals surface area (Å²) in [6.07, 6.45) is 1.89. The van der Waals surface area contributed by atoms with Gasteiger partial charge in [0.2, 0.25) is 11.8 Å². The Labute approximate surface area is 142 Å². The molecule has 1 fully saturated rings. The molecule has 5 rings (SSSR count). The van der Waals surface area contributed by atoms with Gasteiger partial charge in [-0.3, -0.25) is 4.79 Å². The van der Waals surface area contributed by atoms with Crippen LogP contribution in [0.5, 0.6) is 0 Å². The molecule has 2 atom stereocenters. The Kier molecular flexibility index (Phi) is 3.00. The lowest BCUT2D eigenvalue weighted by molar-refractivity contribution is -0.129. The van der Waals surface area contributed by atoms with E-state index in [-0.39, 0.29) is 23.6 Å². The first-order valence-corrected chi connectivity index (χ1v) is 8.23. The monoisotopic (exact) mass is 335 g/mol. The number of rotatable bonds is 2. The molecule has 0 spiro atoms. The molecule has 0 bridgehead atoms. The predicted molar refractivity (Wildman–Crippen MR) is 90.3 cm³/mol. The molecule has 3 aromatic rings. The van der Waals surface area contributed by atoms with E-state index in [4.69, 9.17) is 4.42 Å². The zero-order valence-corrected chi connectivity index (χ0v) is 13.2. The summed E-state index contributed by atoms with van der Waals surface area (Å²) in [7, 11) is 0. The van der Waals surface area contributed by atoms with Crippen molar-refractivity contribution >= 4 is 22.7 Å². The lowest BCUT2D eigenvalue weighted by Crippen LogP contribution is -2.47. The highest BCUT2D eigenvalue weighted by atomic mass is 19.1. The van der Waals surface area contributed by atoms with Crippen molar-refractivity contribution in [2.75, 3.05) is 0 Å². The quantitative estimate of drug-likeness (QED) is 0.779. The third-order valence-corrected chi connectivity index (χ3v) is 5.02. The van der Waals surface area contributed by atoms with E-state index in [0.717, 1.165) is 35.2 Å². The molecule has 1 aromatic heterocycles. The predicted octanol–water partition coefficient (Wildman–Crippen LogP) is 3.49. The van der Waals surface area contributed by atoms with Crippen LogP contribution in [0.1, 0.15) is 18.4 Å². The molecular formula is C19H14FN3O2. The smallest absolute Gasteiger partial charge is 0.243 e. The lowest BCUT2D eigenvalue weighted by Gasteiger charge is -2.38. The summed E-state index contributed by atoms with van der Waals surface area (Å²) in [6, 6.07) is 11.8. The number of oxazole rings is 1. The first kappa shape index (κ1) is 14.3. The van der Waals surface area contributed by atoms with Crippen LogP contribution >= 0.6 is 0 Å². The molecule has 2 heterocycles. The Morgan fingerprint density at radius 2 is 1.80 bits per heavy atom. The number of nitrogens with zero attached hydrogens (tertiary/aromatic N) is 2. The van der Waals surface area contributed by atoms with Crippen molar-refractivity contribution in [3.63, 3.8) is 0 Å². The highest BCUT2D eigenvalue weighted by Crippen LogP contribution is 2.39. The summed E-state index contributed by atoms with van der Waals surface area (Å²) in [5, 5.41) is 4.26.